The number of amides is 3. The van der Waals surface area contributed by atoms with Crippen LogP contribution in [0.25, 0.3) is 0 Å². The first-order valence-corrected chi connectivity index (χ1v) is 11.3. The molecule has 3 N–H and O–H groups in total. The number of rotatable bonds is 3. The lowest BCUT2D eigenvalue weighted by molar-refractivity contribution is -0.733. The van der Waals surface area contributed by atoms with Gasteiger partial charge in [0.25, 0.3) is 5.91 Å². The molecular weight excluding hydrogens is 438 g/mol. The highest BCUT2D eigenvalue weighted by atomic mass is 35.5. The summed E-state index contributed by atoms with van der Waals surface area (Å²) in [6.45, 7) is 0. The minimum absolute atomic E-state index is 0.242. The van der Waals surface area contributed by atoms with Crippen molar-refractivity contribution >= 4 is 40.7 Å². The molecule has 3 amide bonds. The third-order valence-electron chi connectivity index (χ3n) is 7.18. The molecule has 0 bridgehead atoms. The maximum Gasteiger partial charge on any atom is 0.291 e. The van der Waals surface area contributed by atoms with Crippen LogP contribution in [0.2, 0.25) is 5.02 Å². The van der Waals surface area contributed by atoms with Crippen LogP contribution in [0.4, 0.5) is 11.4 Å². The van der Waals surface area contributed by atoms with Gasteiger partial charge in [-0.3, -0.25) is 14.4 Å². The van der Waals surface area contributed by atoms with Gasteiger partial charge in [-0.2, -0.15) is 0 Å². The summed E-state index contributed by atoms with van der Waals surface area (Å²) in [6, 6.07) is 23.7. The normalized spacial score (nSPS) is 27.7. The highest BCUT2D eigenvalue weighted by Gasteiger charge is 2.74. The summed E-state index contributed by atoms with van der Waals surface area (Å²) in [5, 5.41) is 5.44. The summed E-state index contributed by atoms with van der Waals surface area (Å²) >= 11 is 6.03. The Labute approximate surface area is 195 Å². The van der Waals surface area contributed by atoms with E-state index >= 15 is 0 Å². The van der Waals surface area contributed by atoms with E-state index in [0.717, 1.165) is 11.1 Å². The number of nitrogens with one attached hydrogen (secondary N) is 1. The topological polar surface area (TPSA) is 83.1 Å². The summed E-state index contributed by atoms with van der Waals surface area (Å²) in [5.74, 6) is -2.26. The van der Waals surface area contributed by atoms with Crippen LogP contribution in [0.15, 0.2) is 78.9 Å². The first-order valence-electron chi connectivity index (χ1n) is 10.9. The second-order valence-corrected chi connectivity index (χ2v) is 9.32. The Hall–Kier alpha value is -3.48. The molecule has 3 aromatic carbocycles. The Morgan fingerprint density at radius 2 is 1.58 bits per heavy atom. The zero-order valence-electron chi connectivity index (χ0n) is 17.6. The van der Waals surface area contributed by atoms with E-state index in [-0.39, 0.29) is 23.8 Å². The fraction of sp³-hybridized carbons (Fsp3) is 0.192. The first kappa shape index (κ1) is 20.1. The minimum Gasteiger partial charge on any atom is -0.326 e. The number of carbonyl (C=O) groups is 3. The monoisotopic (exact) mass is 458 g/mol. The van der Waals surface area contributed by atoms with Crippen LogP contribution >= 0.6 is 11.6 Å². The number of anilines is 2. The van der Waals surface area contributed by atoms with Crippen LogP contribution in [-0.2, 0) is 26.3 Å². The van der Waals surface area contributed by atoms with Gasteiger partial charge in [0, 0.05) is 17.0 Å². The molecule has 6 rings (SSSR count). The molecule has 3 heterocycles. The lowest BCUT2D eigenvalue weighted by Gasteiger charge is -2.26. The molecule has 0 aliphatic carbocycles. The van der Waals surface area contributed by atoms with E-state index in [1.165, 1.54) is 4.90 Å². The van der Waals surface area contributed by atoms with Crippen molar-refractivity contribution in [1.29, 1.82) is 0 Å². The second-order valence-electron chi connectivity index (χ2n) is 8.88. The molecule has 0 saturated carbocycles. The van der Waals surface area contributed by atoms with Gasteiger partial charge in [0.2, 0.25) is 17.4 Å². The maximum atomic E-state index is 13.9. The first-order chi connectivity index (χ1) is 16.0. The van der Waals surface area contributed by atoms with Gasteiger partial charge in [-0.1, -0.05) is 60.1 Å². The number of imide groups is 1. The van der Waals surface area contributed by atoms with Crippen LogP contribution in [0.1, 0.15) is 11.1 Å². The predicted molar refractivity (Wildman–Crippen MR) is 124 cm³/mol. The number of quaternary nitrogens is 1. The van der Waals surface area contributed by atoms with Crippen molar-refractivity contribution in [2.45, 2.75) is 18.0 Å². The average molecular weight is 459 g/mol. The van der Waals surface area contributed by atoms with Crippen LogP contribution in [0, 0.1) is 11.8 Å². The summed E-state index contributed by atoms with van der Waals surface area (Å²) in [5.41, 5.74) is 1.83. The van der Waals surface area contributed by atoms with E-state index in [2.05, 4.69) is 5.32 Å². The number of fused-ring (bicyclic) bond motifs is 4. The average Bonchev–Trinajstić information content (AvgIpc) is 3.40. The number of halogens is 1. The zero-order valence-corrected chi connectivity index (χ0v) is 18.3. The summed E-state index contributed by atoms with van der Waals surface area (Å²) in [6.07, 6.45) is 0.576. The van der Waals surface area contributed by atoms with Gasteiger partial charge in [-0.15, -0.1) is 0 Å². The van der Waals surface area contributed by atoms with Gasteiger partial charge in [-0.05, 0) is 35.9 Å². The Morgan fingerprint density at radius 1 is 0.879 bits per heavy atom. The molecular formula is C26H21ClN3O3+. The molecule has 3 aromatic rings. The Kier molecular flexibility index (Phi) is 4.44. The van der Waals surface area contributed by atoms with Crippen molar-refractivity contribution in [2.75, 3.05) is 10.2 Å². The fourth-order valence-electron chi connectivity index (χ4n) is 5.84. The molecule has 6 nitrogen and oxygen atoms in total. The van der Waals surface area contributed by atoms with E-state index in [1.807, 2.05) is 59.9 Å². The number of hydrogen-bond acceptors (Lipinski definition) is 3. The number of carbonyl (C=O) groups excluding carboxylic acids is 3. The van der Waals surface area contributed by atoms with E-state index in [1.54, 1.807) is 24.3 Å². The smallest absolute Gasteiger partial charge is 0.291 e. The summed E-state index contributed by atoms with van der Waals surface area (Å²) < 4.78 is 0. The number of nitrogens with two attached hydrogens (primary N) is 1. The van der Waals surface area contributed by atoms with Crippen LogP contribution in [0.3, 0.4) is 0 Å². The molecule has 2 saturated heterocycles. The van der Waals surface area contributed by atoms with E-state index in [0.29, 0.717) is 22.8 Å². The SMILES string of the molecule is O=C1[C@H]2[C@H](Cc3ccccc3)[NH2+][C@]3(C(=O)Nc4ccccc43)[C@@H]2C(=O)N1c1ccc(Cl)cc1. The molecule has 2 fully saturated rings. The van der Waals surface area contributed by atoms with Gasteiger partial charge in [0.05, 0.1) is 11.4 Å². The van der Waals surface area contributed by atoms with Gasteiger partial charge >= 0.3 is 0 Å². The van der Waals surface area contributed by atoms with Crippen molar-refractivity contribution in [1.82, 2.24) is 0 Å². The third kappa shape index (κ3) is 2.81. The summed E-state index contributed by atoms with van der Waals surface area (Å²) in [7, 11) is 0. The standard InChI is InChI=1S/C26H20ClN3O3/c27-16-10-12-17(13-11-16)30-23(31)21-20(14-15-6-2-1-3-7-15)29-26(22(21)24(30)32)18-8-4-5-9-19(18)28-25(26)33/h1-13,20-22,29H,14H2,(H,28,33)/p+1/t20-,21-,22-,26-/m0/s1. The lowest BCUT2D eigenvalue weighted by Crippen LogP contribution is -2.99. The highest BCUT2D eigenvalue weighted by molar-refractivity contribution is 6.31. The largest absolute Gasteiger partial charge is 0.326 e. The second kappa shape index (κ2) is 7.27. The van der Waals surface area contributed by atoms with E-state index in [4.69, 9.17) is 11.6 Å². The van der Waals surface area contributed by atoms with Crippen molar-refractivity contribution in [2.24, 2.45) is 11.8 Å². The Balaban J connectivity index is 1.49. The number of hydrogen-bond donors (Lipinski definition) is 2. The fourth-order valence-corrected chi connectivity index (χ4v) is 5.96. The zero-order chi connectivity index (χ0) is 22.7. The van der Waals surface area contributed by atoms with Gasteiger partial charge in [-0.25, -0.2) is 4.90 Å². The molecule has 33 heavy (non-hydrogen) atoms. The number of nitrogens with zero attached hydrogens (tertiary/aromatic N) is 1. The van der Waals surface area contributed by atoms with Crippen LogP contribution in [-0.4, -0.2) is 23.8 Å². The van der Waals surface area contributed by atoms with Crippen molar-refractivity contribution in [3.8, 4) is 0 Å². The third-order valence-corrected chi connectivity index (χ3v) is 7.43. The van der Waals surface area contributed by atoms with Crippen molar-refractivity contribution in [3.05, 3.63) is 95.0 Å². The maximum absolute atomic E-state index is 13.9. The Morgan fingerprint density at radius 3 is 2.33 bits per heavy atom. The molecule has 1 spiro atoms. The molecule has 0 unspecified atom stereocenters. The molecule has 4 atom stereocenters. The van der Waals surface area contributed by atoms with Crippen LogP contribution in [0.5, 0.6) is 0 Å². The predicted octanol–water partition coefficient (Wildman–Crippen LogP) is 2.48. The number of para-hydroxylation sites is 1. The highest BCUT2D eigenvalue weighted by Crippen LogP contribution is 2.50. The molecule has 3 aliphatic rings. The van der Waals surface area contributed by atoms with Crippen molar-refractivity contribution < 1.29 is 19.7 Å². The molecule has 164 valence electrons. The minimum atomic E-state index is -1.17. The van der Waals surface area contributed by atoms with Gasteiger partial charge in [0.1, 0.15) is 17.9 Å². The number of benzene rings is 3. The molecule has 0 aromatic heterocycles. The van der Waals surface area contributed by atoms with Crippen molar-refractivity contribution in [3.63, 3.8) is 0 Å². The summed E-state index contributed by atoms with van der Waals surface area (Å²) in [4.78, 5) is 42.4. The molecule has 3 aliphatic heterocycles. The van der Waals surface area contributed by atoms with Crippen LogP contribution < -0.4 is 15.5 Å². The van der Waals surface area contributed by atoms with Gasteiger partial charge < -0.3 is 10.6 Å². The van der Waals surface area contributed by atoms with E-state index in [9.17, 15) is 14.4 Å². The van der Waals surface area contributed by atoms with E-state index < -0.39 is 17.4 Å². The Bertz CT molecular complexity index is 1290. The van der Waals surface area contributed by atoms with Gasteiger partial charge in [0.15, 0.2) is 0 Å². The molecule has 7 heteroatoms. The lowest BCUT2D eigenvalue weighted by atomic mass is 9.76. The quantitative estimate of drug-likeness (QED) is 0.591. The molecule has 0 radical (unpaired) electrons.